The fourth-order valence-electron chi connectivity index (χ4n) is 1.76. The minimum Gasteiger partial charge on any atom is -0.384 e. The number of aliphatic hydroxyl groups is 1. The van der Waals surface area contributed by atoms with E-state index in [1.54, 1.807) is 31.3 Å². The summed E-state index contributed by atoms with van der Waals surface area (Å²) >= 11 is 5.73. The summed E-state index contributed by atoms with van der Waals surface area (Å²) in [6.07, 6.45) is 1.31. The molecule has 0 radical (unpaired) electrons. The van der Waals surface area contributed by atoms with Crippen LogP contribution in [0.25, 0.3) is 0 Å². The van der Waals surface area contributed by atoms with Crippen molar-refractivity contribution in [3.8, 4) is 0 Å². The summed E-state index contributed by atoms with van der Waals surface area (Å²) < 4.78 is 28.0. The predicted molar refractivity (Wildman–Crippen MR) is 79.4 cm³/mol. The zero-order valence-electron chi connectivity index (χ0n) is 11.6. The number of benzene rings is 1. The van der Waals surface area contributed by atoms with Crippen LogP contribution in [0.1, 0.15) is 12.5 Å². The third-order valence-corrected chi connectivity index (χ3v) is 4.70. The maximum absolute atomic E-state index is 12.1. The third-order valence-electron chi connectivity index (χ3n) is 3.08. The number of rotatable bonds is 5. The van der Waals surface area contributed by atoms with Crippen LogP contribution >= 0.6 is 11.6 Å². The molecule has 0 aliphatic rings. The van der Waals surface area contributed by atoms with Gasteiger partial charge in [-0.05, 0) is 24.1 Å². The van der Waals surface area contributed by atoms with Gasteiger partial charge in [0.1, 0.15) is 5.60 Å². The van der Waals surface area contributed by atoms with Crippen LogP contribution in [0, 0.1) is 0 Å². The summed E-state index contributed by atoms with van der Waals surface area (Å²) in [6.45, 7) is 1.36. The molecule has 2 aromatic rings. The Morgan fingerprint density at radius 3 is 2.52 bits per heavy atom. The predicted octanol–water partition coefficient (Wildman–Crippen LogP) is 1.26. The van der Waals surface area contributed by atoms with Gasteiger partial charge in [-0.25, -0.2) is 18.1 Å². The average Bonchev–Trinajstić information content (AvgIpc) is 2.79. The van der Waals surface area contributed by atoms with E-state index in [4.69, 9.17) is 11.6 Å². The Morgan fingerprint density at radius 1 is 1.38 bits per heavy atom. The first-order valence-electron chi connectivity index (χ1n) is 6.19. The van der Waals surface area contributed by atoms with Crippen molar-refractivity contribution in [3.63, 3.8) is 0 Å². The molecular weight excluding hydrogens is 314 g/mol. The molecular formula is C13H16ClN3O3S. The highest BCUT2D eigenvalue weighted by atomic mass is 35.5. The second-order valence-corrected chi connectivity index (χ2v) is 6.98. The molecule has 2 rings (SSSR count). The van der Waals surface area contributed by atoms with E-state index in [1.165, 1.54) is 17.7 Å². The second kappa shape index (κ2) is 5.76. The SMILES string of the molecule is Cn1cc(S(=O)(=O)NCC(C)(O)c2ccccc2)nc1Cl. The summed E-state index contributed by atoms with van der Waals surface area (Å²) in [5, 5.41) is 10.3. The standard InChI is InChI=1S/C13H16ClN3O3S/c1-13(18,10-6-4-3-5-7-10)9-15-21(19,20)11-8-17(2)12(14)16-11/h3-8,15,18H,9H2,1-2H3. The van der Waals surface area contributed by atoms with Crippen molar-refractivity contribution in [2.75, 3.05) is 6.54 Å². The molecule has 0 amide bonds. The van der Waals surface area contributed by atoms with Crippen molar-refractivity contribution in [1.82, 2.24) is 14.3 Å². The van der Waals surface area contributed by atoms with Crippen molar-refractivity contribution < 1.29 is 13.5 Å². The van der Waals surface area contributed by atoms with E-state index in [0.29, 0.717) is 5.56 Å². The highest BCUT2D eigenvalue weighted by Crippen LogP contribution is 2.20. The van der Waals surface area contributed by atoms with Crippen LogP contribution in [0.15, 0.2) is 41.6 Å². The summed E-state index contributed by atoms with van der Waals surface area (Å²) in [5.74, 6) is 0. The van der Waals surface area contributed by atoms with Gasteiger partial charge in [0.15, 0.2) is 5.03 Å². The van der Waals surface area contributed by atoms with Gasteiger partial charge in [-0.15, -0.1) is 0 Å². The van der Waals surface area contributed by atoms with Crippen molar-refractivity contribution in [2.24, 2.45) is 7.05 Å². The van der Waals surface area contributed by atoms with Crippen LogP contribution in [0.5, 0.6) is 0 Å². The fraction of sp³-hybridized carbons (Fsp3) is 0.308. The van der Waals surface area contributed by atoms with Gasteiger partial charge in [0, 0.05) is 19.8 Å². The minimum atomic E-state index is -3.83. The Bertz CT molecular complexity index is 707. The molecule has 6 nitrogen and oxygen atoms in total. The molecule has 0 bridgehead atoms. The number of hydrogen-bond donors (Lipinski definition) is 2. The van der Waals surface area contributed by atoms with E-state index in [1.807, 2.05) is 6.07 Å². The Balaban J connectivity index is 2.15. The lowest BCUT2D eigenvalue weighted by atomic mass is 9.97. The van der Waals surface area contributed by atoms with E-state index >= 15 is 0 Å². The van der Waals surface area contributed by atoms with Crippen molar-refractivity contribution in [1.29, 1.82) is 0 Å². The molecule has 2 N–H and O–H groups in total. The number of nitrogens with zero attached hydrogens (tertiary/aromatic N) is 2. The fourth-order valence-corrected chi connectivity index (χ4v) is 3.07. The van der Waals surface area contributed by atoms with Crippen LogP contribution in [-0.2, 0) is 22.7 Å². The lowest BCUT2D eigenvalue weighted by Crippen LogP contribution is -2.38. The van der Waals surface area contributed by atoms with E-state index < -0.39 is 15.6 Å². The first-order chi connectivity index (χ1) is 9.72. The number of hydrogen-bond acceptors (Lipinski definition) is 4. The van der Waals surface area contributed by atoms with Crippen LogP contribution in [0.2, 0.25) is 5.28 Å². The van der Waals surface area contributed by atoms with Crippen LogP contribution < -0.4 is 4.72 Å². The molecule has 114 valence electrons. The highest BCUT2D eigenvalue weighted by Gasteiger charge is 2.27. The molecule has 1 aromatic carbocycles. The second-order valence-electron chi connectivity index (χ2n) is 4.92. The molecule has 1 aromatic heterocycles. The first kappa shape index (κ1) is 16.0. The van der Waals surface area contributed by atoms with Crippen molar-refractivity contribution >= 4 is 21.6 Å². The molecule has 1 atom stereocenters. The monoisotopic (exact) mass is 329 g/mol. The maximum atomic E-state index is 12.1. The Hall–Kier alpha value is -1.41. The minimum absolute atomic E-state index is 0.0743. The zero-order chi connectivity index (χ0) is 15.7. The van der Waals surface area contributed by atoms with Gasteiger partial charge in [0.2, 0.25) is 5.28 Å². The lowest BCUT2D eigenvalue weighted by Gasteiger charge is -2.23. The quantitative estimate of drug-likeness (QED) is 0.865. The smallest absolute Gasteiger partial charge is 0.259 e. The molecule has 1 unspecified atom stereocenters. The normalized spacial score (nSPS) is 14.9. The van der Waals surface area contributed by atoms with Gasteiger partial charge in [0.25, 0.3) is 10.0 Å². The largest absolute Gasteiger partial charge is 0.384 e. The van der Waals surface area contributed by atoms with Gasteiger partial charge in [-0.3, -0.25) is 0 Å². The molecule has 0 saturated carbocycles. The van der Waals surface area contributed by atoms with Gasteiger partial charge in [-0.1, -0.05) is 30.3 Å². The summed E-state index contributed by atoms with van der Waals surface area (Å²) in [7, 11) is -2.24. The molecule has 1 heterocycles. The summed E-state index contributed by atoms with van der Waals surface area (Å²) in [5.41, 5.74) is -0.709. The molecule has 0 aliphatic heterocycles. The summed E-state index contributed by atoms with van der Waals surface area (Å²) in [4.78, 5) is 3.75. The number of aryl methyl sites for hydroxylation is 1. The van der Waals surface area contributed by atoms with Crippen LogP contribution in [0.3, 0.4) is 0 Å². The Labute approximate surface area is 128 Å². The van der Waals surface area contributed by atoms with E-state index in [0.717, 1.165) is 0 Å². The topological polar surface area (TPSA) is 84.2 Å². The number of imidazole rings is 1. The third kappa shape index (κ3) is 3.62. The molecule has 8 heteroatoms. The molecule has 0 aliphatic carbocycles. The molecule has 21 heavy (non-hydrogen) atoms. The number of sulfonamides is 1. The van der Waals surface area contributed by atoms with Gasteiger partial charge in [0.05, 0.1) is 0 Å². The molecule has 0 spiro atoms. The first-order valence-corrected chi connectivity index (χ1v) is 8.05. The van der Waals surface area contributed by atoms with Crippen molar-refractivity contribution in [2.45, 2.75) is 17.6 Å². The zero-order valence-corrected chi connectivity index (χ0v) is 13.2. The van der Waals surface area contributed by atoms with Crippen molar-refractivity contribution in [3.05, 3.63) is 47.4 Å². The molecule has 0 saturated heterocycles. The van der Waals surface area contributed by atoms with Gasteiger partial charge in [-0.2, -0.15) is 0 Å². The van der Waals surface area contributed by atoms with Gasteiger partial charge >= 0.3 is 0 Å². The Kier molecular flexibility index (Phi) is 4.38. The lowest BCUT2D eigenvalue weighted by molar-refractivity contribution is 0.0627. The average molecular weight is 330 g/mol. The molecule has 0 fully saturated rings. The van der Waals surface area contributed by atoms with Gasteiger partial charge < -0.3 is 9.67 Å². The van der Waals surface area contributed by atoms with E-state index in [-0.39, 0.29) is 16.9 Å². The number of nitrogens with one attached hydrogen (secondary N) is 1. The van der Waals surface area contributed by atoms with Crippen LogP contribution in [-0.4, -0.2) is 29.6 Å². The van der Waals surface area contributed by atoms with E-state index in [2.05, 4.69) is 9.71 Å². The van der Waals surface area contributed by atoms with E-state index in [9.17, 15) is 13.5 Å². The Morgan fingerprint density at radius 2 is 2.00 bits per heavy atom. The number of aromatic nitrogens is 2. The summed E-state index contributed by atoms with van der Waals surface area (Å²) in [6, 6.07) is 8.82. The number of halogens is 1. The highest BCUT2D eigenvalue weighted by molar-refractivity contribution is 7.89. The maximum Gasteiger partial charge on any atom is 0.259 e. The van der Waals surface area contributed by atoms with Crippen LogP contribution in [0.4, 0.5) is 0 Å².